The van der Waals surface area contributed by atoms with Crippen LogP contribution in [0.15, 0.2) is 104 Å². The number of hydrogen-bond donors (Lipinski definition) is 0. The Bertz CT molecular complexity index is 814. The van der Waals surface area contributed by atoms with Crippen LogP contribution in [-0.4, -0.2) is 6.54 Å². The van der Waals surface area contributed by atoms with Crippen LogP contribution in [-0.2, 0) is 0 Å². The zero-order valence-corrected chi connectivity index (χ0v) is 18.4. The van der Waals surface area contributed by atoms with Crippen molar-refractivity contribution in [3.05, 3.63) is 110 Å². The molecule has 152 valence electrons. The predicted molar refractivity (Wildman–Crippen MR) is 132 cm³/mol. The number of benzene rings is 3. The Kier molecular flexibility index (Phi) is 11.6. The van der Waals surface area contributed by atoms with E-state index < -0.39 is 0 Å². The van der Waals surface area contributed by atoms with Crippen LogP contribution < -0.4 is 4.90 Å². The number of aryl methyl sites for hydroxylation is 1. The average Bonchev–Trinajstić information content (AvgIpc) is 2.75. The second-order valence-electron chi connectivity index (χ2n) is 6.76. The number of allylic oxidation sites excluding steroid dienone is 1. The van der Waals surface area contributed by atoms with Crippen LogP contribution in [0.1, 0.15) is 32.8 Å². The van der Waals surface area contributed by atoms with E-state index in [1.807, 2.05) is 19.1 Å². The molecule has 0 heterocycles. The second kappa shape index (κ2) is 14.0. The molecule has 0 amide bonds. The van der Waals surface area contributed by atoms with E-state index in [-0.39, 0.29) is 0 Å². The summed E-state index contributed by atoms with van der Waals surface area (Å²) in [5.74, 6) is 0. The first-order valence-corrected chi connectivity index (χ1v) is 10.3. The molecule has 29 heavy (non-hydrogen) atoms. The summed E-state index contributed by atoms with van der Waals surface area (Å²) < 4.78 is 0. The molecule has 3 aromatic carbocycles. The maximum absolute atomic E-state index is 3.88. The molecule has 3 aromatic rings. The summed E-state index contributed by atoms with van der Waals surface area (Å²) in [4.78, 5) is 2.26. The largest absolute Gasteiger partial charge is 0.338 e. The third kappa shape index (κ3) is 8.23. The monoisotopic (exact) mass is 385 g/mol. The fraction of sp³-hybridized carbons (Fsp3) is 0.214. The van der Waals surface area contributed by atoms with Gasteiger partial charge in [-0.1, -0.05) is 92.6 Å². The lowest BCUT2D eigenvalue weighted by Gasteiger charge is -2.23. The molecule has 0 unspecified atom stereocenters. The van der Waals surface area contributed by atoms with Crippen LogP contribution in [0.4, 0.5) is 11.4 Å². The highest BCUT2D eigenvalue weighted by Crippen LogP contribution is 2.28. The van der Waals surface area contributed by atoms with Crippen molar-refractivity contribution in [1.82, 2.24) is 0 Å². The Morgan fingerprint density at radius 3 is 1.59 bits per heavy atom. The zero-order chi connectivity index (χ0) is 21.5. The van der Waals surface area contributed by atoms with E-state index in [4.69, 9.17) is 0 Å². The van der Waals surface area contributed by atoms with Gasteiger partial charge in [-0.2, -0.15) is 0 Å². The van der Waals surface area contributed by atoms with Gasteiger partial charge in [-0.05, 0) is 49.2 Å². The van der Waals surface area contributed by atoms with Gasteiger partial charge in [0.05, 0.1) is 0 Å². The fourth-order valence-electron chi connectivity index (χ4n) is 2.68. The summed E-state index contributed by atoms with van der Waals surface area (Å²) in [5.41, 5.74) is 6.12. The van der Waals surface area contributed by atoms with Gasteiger partial charge in [0, 0.05) is 17.9 Å². The molecule has 0 saturated heterocycles. The lowest BCUT2D eigenvalue weighted by atomic mass is 10.0. The first kappa shape index (κ1) is 24.0. The van der Waals surface area contributed by atoms with Gasteiger partial charge in [0.2, 0.25) is 0 Å². The highest BCUT2D eigenvalue weighted by molar-refractivity contribution is 5.70. The van der Waals surface area contributed by atoms with E-state index in [0.29, 0.717) is 0 Å². The number of hydrogen-bond acceptors (Lipinski definition) is 1. The van der Waals surface area contributed by atoms with E-state index >= 15 is 0 Å². The zero-order valence-electron chi connectivity index (χ0n) is 18.4. The summed E-state index contributed by atoms with van der Waals surface area (Å²) >= 11 is 0. The third-order valence-electron chi connectivity index (χ3n) is 3.94. The average molecular weight is 386 g/mol. The molecule has 0 aliphatic heterocycles. The predicted octanol–water partition coefficient (Wildman–Crippen LogP) is 8.59. The van der Waals surface area contributed by atoms with Gasteiger partial charge in [0.25, 0.3) is 0 Å². The molecule has 0 radical (unpaired) electrons. The van der Waals surface area contributed by atoms with Crippen molar-refractivity contribution in [2.75, 3.05) is 11.4 Å². The Morgan fingerprint density at radius 2 is 1.14 bits per heavy atom. The van der Waals surface area contributed by atoms with Crippen LogP contribution in [0.5, 0.6) is 0 Å². The van der Waals surface area contributed by atoms with E-state index in [1.54, 1.807) is 6.08 Å². The van der Waals surface area contributed by atoms with Crippen molar-refractivity contribution in [2.24, 2.45) is 0 Å². The summed E-state index contributed by atoms with van der Waals surface area (Å²) in [6.07, 6.45) is 4.93. The molecule has 0 bridgehead atoms. The van der Waals surface area contributed by atoms with Gasteiger partial charge >= 0.3 is 0 Å². The summed E-state index contributed by atoms with van der Waals surface area (Å²) in [6.45, 7) is 16.3. The van der Waals surface area contributed by atoms with E-state index in [9.17, 15) is 0 Å². The molecule has 0 saturated carbocycles. The Labute approximate surface area is 178 Å². The third-order valence-corrected chi connectivity index (χ3v) is 3.94. The van der Waals surface area contributed by atoms with Crippen molar-refractivity contribution in [2.45, 2.75) is 34.1 Å². The van der Waals surface area contributed by atoms with Crippen LogP contribution in [0, 0.1) is 6.92 Å². The number of anilines is 2. The van der Waals surface area contributed by atoms with Gasteiger partial charge in [0.15, 0.2) is 0 Å². The highest BCUT2D eigenvalue weighted by Gasteiger charge is 2.07. The maximum atomic E-state index is 3.88. The molecule has 0 spiro atoms. The van der Waals surface area contributed by atoms with Crippen molar-refractivity contribution in [1.29, 1.82) is 0 Å². The van der Waals surface area contributed by atoms with Crippen LogP contribution in [0.25, 0.3) is 11.1 Å². The Morgan fingerprint density at radius 1 is 0.724 bits per heavy atom. The topological polar surface area (TPSA) is 3.24 Å². The molecule has 0 N–H and O–H groups in total. The van der Waals surface area contributed by atoms with Crippen molar-refractivity contribution < 1.29 is 0 Å². The van der Waals surface area contributed by atoms with Gasteiger partial charge in [-0.15, -0.1) is 13.2 Å². The van der Waals surface area contributed by atoms with Crippen LogP contribution in [0.2, 0.25) is 0 Å². The van der Waals surface area contributed by atoms with Crippen molar-refractivity contribution in [3.8, 4) is 11.1 Å². The first-order valence-electron chi connectivity index (χ1n) is 10.3. The minimum absolute atomic E-state index is 0.786. The summed E-state index contributed by atoms with van der Waals surface area (Å²) in [7, 11) is 0. The van der Waals surface area contributed by atoms with Gasteiger partial charge in [-0.25, -0.2) is 0 Å². The Balaban J connectivity index is 0.000000626. The summed E-state index contributed by atoms with van der Waals surface area (Å²) in [5, 5.41) is 0. The number of rotatable bonds is 5. The standard InChI is InChI=1S/C22H21N.C3H8.C3H6/c1-3-17-23(21-7-5-4-6-8-21)22-15-13-20(14-16-22)19-11-9-18(2)10-12-19;2*1-3-2/h3-16H,1,17H2,2H3;3H2,1-2H3;3H,1H2,2H3. The number of nitrogens with zero attached hydrogens (tertiary/aromatic N) is 1. The Hall–Kier alpha value is -3.06. The van der Waals surface area contributed by atoms with Gasteiger partial charge < -0.3 is 4.90 Å². The van der Waals surface area contributed by atoms with Crippen LogP contribution >= 0.6 is 0 Å². The minimum Gasteiger partial charge on any atom is -0.338 e. The lowest BCUT2D eigenvalue weighted by Crippen LogP contribution is -2.16. The van der Waals surface area contributed by atoms with E-state index in [1.165, 1.54) is 34.5 Å². The molecule has 1 heteroatoms. The van der Waals surface area contributed by atoms with Crippen molar-refractivity contribution in [3.63, 3.8) is 0 Å². The molecular formula is C28H35N. The van der Waals surface area contributed by atoms with Gasteiger partial charge in [0.1, 0.15) is 0 Å². The molecule has 0 aliphatic rings. The van der Waals surface area contributed by atoms with Gasteiger partial charge in [-0.3, -0.25) is 0 Å². The molecule has 0 aliphatic carbocycles. The minimum atomic E-state index is 0.786. The fourth-order valence-corrected chi connectivity index (χ4v) is 2.68. The smallest absolute Gasteiger partial charge is 0.0414 e. The molecule has 3 rings (SSSR count). The SMILES string of the molecule is C=CC.C=CCN(c1ccccc1)c1ccc(-c2ccc(C)cc2)cc1.CCC. The molecule has 0 aromatic heterocycles. The van der Waals surface area contributed by atoms with E-state index in [0.717, 1.165) is 6.54 Å². The quantitative estimate of drug-likeness (QED) is 0.397. The maximum Gasteiger partial charge on any atom is 0.0414 e. The highest BCUT2D eigenvalue weighted by atomic mass is 15.1. The number of para-hydroxylation sites is 1. The van der Waals surface area contributed by atoms with Crippen LogP contribution in [0.3, 0.4) is 0 Å². The molecule has 1 nitrogen and oxygen atoms in total. The first-order chi connectivity index (χ1) is 14.1. The molecular weight excluding hydrogens is 350 g/mol. The second-order valence-corrected chi connectivity index (χ2v) is 6.76. The molecule has 0 fully saturated rings. The van der Waals surface area contributed by atoms with E-state index in [2.05, 4.69) is 112 Å². The normalized spacial score (nSPS) is 9.24. The van der Waals surface area contributed by atoms with Crippen molar-refractivity contribution >= 4 is 11.4 Å². The lowest BCUT2D eigenvalue weighted by molar-refractivity contribution is 1.09. The summed E-state index contributed by atoms with van der Waals surface area (Å²) in [6, 6.07) is 27.7. The molecule has 0 atom stereocenters.